The van der Waals surface area contributed by atoms with E-state index in [-0.39, 0.29) is 11.5 Å². The zero-order valence-corrected chi connectivity index (χ0v) is 13.6. The van der Waals surface area contributed by atoms with Crippen LogP contribution in [-0.4, -0.2) is 21.2 Å². The number of nitrogens with zero attached hydrogens (tertiary/aromatic N) is 1. The fourth-order valence-electron chi connectivity index (χ4n) is 3.08. The largest absolute Gasteiger partial charge is 0.380 e. The molecule has 5 heteroatoms. The minimum absolute atomic E-state index is 0.0290. The maximum atomic E-state index is 12.1. The normalized spacial score (nSPS) is 16.0. The van der Waals surface area contributed by atoms with Crippen molar-refractivity contribution in [3.63, 3.8) is 0 Å². The van der Waals surface area contributed by atoms with Crippen molar-refractivity contribution in [1.82, 2.24) is 9.88 Å². The zero-order valence-electron chi connectivity index (χ0n) is 13.6. The van der Waals surface area contributed by atoms with Crippen LogP contribution < -0.4 is 10.9 Å². The summed E-state index contributed by atoms with van der Waals surface area (Å²) in [6, 6.07) is 12.9. The number of aliphatic hydroxyl groups is 1. The summed E-state index contributed by atoms with van der Waals surface area (Å²) in [5.74, 6) is -0.278. The molecule has 0 radical (unpaired) electrons. The molecule has 0 saturated heterocycles. The lowest BCUT2D eigenvalue weighted by molar-refractivity contribution is -0.139. The monoisotopic (exact) mass is 326 g/mol. The van der Waals surface area contributed by atoms with Gasteiger partial charge >= 0.3 is 0 Å². The molecule has 2 N–H and O–H groups in total. The molecular formula is C19H22N2O3. The van der Waals surface area contributed by atoms with Crippen LogP contribution in [0.2, 0.25) is 0 Å². The second kappa shape index (κ2) is 7.01. The fraction of sp³-hybridized carbons (Fsp3) is 0.368. The number of benzene rings is 1. The van der Waals surface area contributed by atoms with E-state index < -0.39 is 5.60 Å². The van der Waals surface area contributed by atoms with Crippen LogP contribution in [0.4, 0.5) is 0 Å². The van der Waals surface area contributed by atoms with E-state index in [1.54, 1.807) is 16.8 Å². The fourth-order valence-corrected chi connectivity index (χ4v) is 3.08. The molecule has 3 rings (SSSR count). The Labute approximate surface area is 140 Å². The van der Waals surface area contributed by atoms with Crippen molar-refractivity contribution in [3.8, 4) is 0 Å². The summed E-state index contributed by atoms with van der Waals surface area (Å²) in [7, 11) is 0. The number of carbonyl (C=O) groups is 1. The molecule has 1 fully saturated rings. The number of amides is 1. The quantitative estimate of drug-likeness (QED) is 0.880. The molecule has 0 atom stereocenters. The summed E-state index contributed by atoms with van der Waals surface area (Å²) in [6.07, 6.45) is 4.65. The van der Waals surface area contributed by atoms with Gasteiger partial charge in [-0.2, -0.15) is 0 Å². The maximum absolute atomic E-state index is 12.1. The molecule has 1 saturated carbocycles. The van der Waals surface area contributed by atoms with Gasteiger partial charge in [-0.25, -0.2) is 0 Å². The number of aromatic nitrogens is 1. The summed E-state index contributed by atoms with van der Waals surface area (Å²) in [4.78, 5) is 23.8. The first kappa shape index (κ1) is 16.5. The molecule has 0 bridgehead atoms. The van der Waals surface area contributed by atoms with Crippen LogP contribution in [0.25, 0.3) is 0 Å². The predicted molar refractivity (Wildman–Crippen MR) is 91.5 cm³/mol. The molecule has 126 valence electrons. The Morgan fingerprint density at radius 1 is 1.08 bits per heavy atom. The molecule has 1 aliphatic rings. The molecule has 1 aromatic carbocycles. The second-order valence-electron chi connectivity index (χ2n) is 6.40. The van der Waals surface area contributed by atoms with Gasteiger partial charge < -0.3 is 15.0 Å². The number of rotatable bonds is 5. The van der Waals surface area contributed by atoms with Gasteiger partial charge in [-0.3, -0.25) is 9.59 Å². The van der Waals surface area contributed by atoms with Crippen LogP contribution in [0.1, 0.15) is 36.8 Å². The van der Waals surface area contributed by atoms with Crippen molar-refractivity contribution < 1.29 is 9.90 Å². The highest BCUT2D eigenvalue weighted by Gasteiger charge is 2.38. The zero-order chi connectivity index (χ0) is 17.0. The van der Waals surface area contributed by atoms with E-state index in [0.717, 1.165) is 24.0 Å². The molecule has 0 aliphatic heterocycles. The van der Waals surface area contributed by atoms with Gasteiger partial charge in [0.2, 0.25) is 0 Å². The minimum Gasteiger partial charge on any atom is -0.380 e. The van der Waals surface area contributed by atoms with Crippen LogP contribution in [0, 0.1) is 0 Å². The van der Waals surface area contributed by atoms with E-state index in [2.05, 4.69) is 5.32 Å². The summed E-state index contributed by atoms with van der Waals surface area (Å²) in [6.45, 7) is 0.915. The number of pyridine rings is 1. The first-order valence-corrected chi connectivity index (χ1v) is 8.31. The van der Waals surface area contributed by atoms with Gasteiger partial charge in [-0.05, 0) is 42.9 Å². The Kier molecular flexibility index (Phi) is 4.81. The van der Waals surface area contributed by atoms with Crippen LogP contribution >= 0.6 is 0 Å². The van der Waals surface area contributed by atoms with Gasteiger partial charge in [-0.15, -0.1) is 0 Å². The molecule has 0 unspecified atom stereocenters. The third-order valence-electron chi connectivity index (χ3n) is 4.58. The van der Waals surface area contributed by atoms with Crippen molar-refractivity contribution in [2.75, 3.05) is 0 Å². The summed E-state index contributed by atoms with van der Waals surface area (Å²) >= 11 is 0. The number of carbonyl (C=O) groups excluding carboxylic acids is 1. The first-order valence-electron chi connectivity index (χ1n) is 8.31. The summed E-state index contributed by atoms with van der Waals surface area (Å²) < 4.78 is 1.65. The molecule has 0 spiro atoms. The van der Waals surface area contributed by atoms with Gasteiger partial charge in [0.25, 0.3) is 11.5 Å². The van der Waals surface area contributed by atoms with Crippen LogP contribution in [0.15, 0.2) is 53.5 Å². The van der Waals surface area contributed by atoms with Crippen LogP contribution in [0.5, 0.6) is 0 Å². The first-order chi connectivity index (χ1) is 11.6. The molecule has 24 heavy (non-hydrogen) atoms. The highest BCUT2D eigenvalue weighted by atomic mass is 16.3. The predicted octanol–water partition coefficient (Wildman–Crippen LogP) is 1.82. The topological polar surface area (TPSA) is 71.3 Å². The average molecular weight is 326 g/mol. The van der Waals surface area contributed by atoms with E-state index >= 15 is 0 Å². The smallest absolute Gasteiger partial charge is 0.252 e. The molecule has 2 aromatic rings. The number of hydrogen-bond acceptors (Lipinski definition) is 3. The Balaban J connectivity index is 1.58. The van der Waals surface area contributed by atoms with E-state index in [4.69, 9.17) is 0 Å². The van der Waals surface area contributed by atoms with E-state index in [1.807, 2.05) is 30.3 Å². The van der Waals surface area contributed by atoms with Crippen LogP contribution in [-0.2, 0) is 17.9 Å². The molecule has 1 heterocycles. The summed E-state index contributed by atoms with van der Waals surface area (Å²) in [5.41, 5.74) is 0.773. The van der Waals surface area contributed by atoms with E-state index in [9.17, 15) is 14.7 Å². The van der Waals surface area contributed by atoms with Crippen molar-refractivity contribution in [2.45, 2.75) is 44.4 Å². The van der Waals surface area contributed by atoms with Crippen LogP contribution in [0.3, 0.4) is 0 Å². The molecular weight excluding hydrogens is 304 g/mol. The lowest BCUT2D eigenvalue weighted by Crippen LogP contribution is -2.44. The third-order valence-corrected chi connectivity index (χ3v) is 4.58. The van der Waals surface area contributed by atoms with Crippen molar-refractivity contribution in [3.05, 3.63) is 70.1 Å². The van der Waals surface area contributed by atoms with E-state index in [1.165, 1.54) is 6.07 Å². The van der Waals surface area contributed by atoms with Gasteiger partial charge in [-0.1, -0.05) is 30.3 Å². The van der Waals surface area contributed by atoms with Crippen molar-refractivity contribution in [1.29, 1.82) is 0 Å². The van der Waals surface area contributed by atoms with Gasteiger partial charge in [0.1, 0.15) is 5.60 Å². The minimum atomic E-state index is -1.19. The maximum Gasteiger partial charge on any atom is 0.252 e. The third kappa shape index (κ3) is 3.74. The lowest BCUT2D eigenvalue weighted by Gasteiger charge is -2.20. The highest BCUT2D eigenvalue weighted by Crippen LogP contribution is 2.29. The number of nitrogens with one attached hydrogen (secondary N) is 1. The number of hydrogen-bond donors (Lipinski definition) is 2. The van der Waals surface area contributed by atoms with Gasteiger partial charge in [0, 0.05) is 18.8 Å². The average Bonchev–Trinajstić information content (AvgIpc) is 3.04. The SMILES string of the molecule is O=C(NCc1ccc(Cn2ccccc2=O)cc1)C1(O)CCCC1. The molecule has 1 amide bonds. The molecule has 1 aromatic heterocycles. The highest BCUT2D eigenvalue weighted by molar-refractivity contribution is 5.85. The summed E-state index contributed by atoms with van der Waals surface area (Å²) in [5, 5.41) is 13.0. The Hall–Kier alpha value is -2.40. The Morgan fingerprint density at radius 3 is 2.42 bits per heavy atom. The molecule has 5 nitrogen and oxygen atoms in total. The lowest BCUT2D eigenvalue weighted by atomic mass is 10.0. The Morgan fingerprint density at radius 2 is 1.75 bits per heavy atom. The van der Waals surface area contributed by atoms with Gasteiger partial charge in [0.05, 0.1) is 6.54 Å². The standard InChI is InChI=1S/C19H22N2O3/c22-17-5-1-4-12-21(17)14-16-8-6-15(7-9-16)13-20-18(23)19(24)10-2-3-11-19/h1,4-9,12,24H,2-3,10-11,13-14H2,(H,20,23). The molecule has 1 aliphatic carbocycles. The second-order valence-corrected chi connectivity index (χ2v) is 6.40. The van der Waals surface area contributed by atoms with Gasteiger partial charge in [0.15, 0.2) is 0 Å². The van der Waals surface area contributed by atoms with Crippen molar-refractivity contribution >= 4 is 5.91 Å². The Bertz CT molecular complexity index is 759. The van der Waals surface area contributed by atoms with Crippen molar-refractivity contribution in [2.24, 2.45) is 0 Å². The van der Waals surface area contributed by atoms with E-state index in [0.29, 0.717) is 25.9 Å².